The molecule has 0 unspecified atom stereocenters. The van der Waals surface area contributed by atoms with E-state index in [2.05, 4.69) is 37.4 Å². The summed E-state index contributed by atoms with van der Waals surface area (Å²) in [6, 6.07) is 0. The van der Waals surface area contributed by atoms with E-state index in [-0.39, 0.29) is 12.1 Å². The fourth-order valence-corrected chi connectivity index (χ4v) is 2.00. The van der Waals surface area contributed by atoms with Crippen molar-refractivity contribution < 1.29 is 0 Å². The molecule has 0 aliphatic carbocycles. The zero-order valence-electron chi connectivity index (χ0n) is 10.3. The van der Waals surface area contributed by atoms with E-state index in [1.807, 2.05) is 13.2 Å². The number of terminal acetylenes is 1. The van der Waals surface area contributed by atoms with Crippen LogP contribution in [0.25, 0.3) is 0 Å². The third-order valence-corrected chi connectivity index (χ3v) is 3.23. The lowest BCUT2D eigenvalue weighted by molar-refractivity contribution is 0.659. The summed E-state index contributed by atoms with van der Waals surface area (Å²) in [5.41, 5.74) is 1.39. The molecule has 6 nitrogen and oxygen atoms in total. The Kier molecular flexibility index (Phi) is 4.02. The van der Waals surface area contributed by atoms with E-state index in [4.69, 9.17) is 6.42 Å². The molecule has 0 atom stereocenters. The molecule has 1 N–H and O–H groups in total. The van der Waals surface area contributed by atoms with Crippen LogP contribution in [-0.4, -0.2) is 19.6 Å². The van der Waals surface area contributed by atoms with Crippen LogP contribution in [0.3, 0.4) is 0 Å². The van der Waals surface area contributed by atoms with Gasteiger partial charge in [0.1, 0.15) is 11.0 Å². The largest absolute Gasteiger partial charge is 0.378 e. The molecule has 0 aliphatic rings. The van der Waals surface area contributed by atoms with Crippen molar-refractivity contribution in [3.8, 4) is 12.3 Å². The maximum atomic E-state index is 11.9. The number of rotatable bonds is 4. The lowest BCUT2D eigenvalue weighted by Gasteiger charge is -2.08. The highest BCUT2D eigenvalue weighted by atomic mass is 79.9. The van der Waals surface area contributed by atoms with Gasteiger partial charge in [0.15, 0.2) is 0 Å². The minimum absolute atomic E-state index is 0.153. The monoisotopic (exact) mass is 321 g/mol. The van der Waals surface area contributed by atoms with E-state index < -0.39 is 0 Å². The number of nitrogens with one attached hydrogen (secondary N) is 1. The summed E-state index contributed by atoms with van der Waals surface area (Å²) in [6.07, 6.45) is 10.4. The smallest absolute Gasteiger partial charge is 0.284 e. The summed E-state index contributed by atoms with van der Waals surface area (Å²) in [5, 5.41) is 11.2. The minimum Gasteiger partial charge on any atom is -0.378 e. The molecule has 0 saturated carbocycles. The summed E-state index contributed by atoms with van der Waals surface area (Å²) in [6.45, 7) is 0.715. The highest BCUT2D eigenvalue weighted by Crippen LogP contribution is 2.16. The van der Waals surface area contributed by atoms with Gasteiger partial charge in [-0.3, -0.25) is 9.48 Å². The van der Waals surface area contributed by atoms with E-state index in [9.17, 15) is 4.79 Å². The second-order valence-corrected chi connectivity index (χ2v) is 4.71. The second kappa shape index (κ2) is 5.71. The molecule has 98 valence electrons. The molecule has 0 aliphatic heterocycles. The van der Waals surface area contributed by atoms with Gasteiger partial charge in [-0.25, -0.2) is 4.68 Å². The van der Waals surface area contributed by atoms with E-state index in [0.717, 1.165) is 5.56 Å². The van der Waals surface area contributed by atoms with Gasteiger partial charge in [0.25, 0.3) is 5.56 Å². The Hall–Kier alpha value is -2.07. The normalized spacial score (nSPS) is 10.2. The lowest BCUT2D eigenvalue weighted by atomic mass is 10.3. The molecular formula is C12H12BrN5O. The van der Waals surface area contributed by atoms with Crippen molar-refractivity contribution in [2.75, 3.05) is 5.32 Å². The number of anilines is 1. The highest BCUT2D eigenvalue weighted by molar-refractivity contribution is 9.10. The van der Waals surface area contributed by atoms with Crippen molar-refractivity contribution >= 4 is 21.6 Å². The average molecular weight is 322 g/mol. The van der Waals surface area contributed by atoms with Gasteiger partial charge < -0.3 is 5.32 Å². The van der Waals surface area contributed by atoms with Gasteiger partial charge in [-0.05, 0) is 15.9 Å². The van der Waals surface area contributed by atoms with E-state index >= 15 is 0 Å². The first kappa shape index (κ1) is 13.4. The van der Waals surface area contributed by atoms with Crippen molar-refractivity contribution in [2.45, 2.75) is 13.1 Å². The highest BCUT2D eigenvalue weighted by Gasteiger charge is 2.08. The number of aromatic nitrogens is 4. The maximum absolute atomic E-state index is 11.9. The SMILES string of the molecule is C#CCn1ncc(NCc2cnn(C)c2)c(Br)c1=O. The van der Waals surface area contributed by atoms with Crippen LogP contribution < -0.4 is 10.9 Å². The van der Waals surface area contributed by atoms with Gasteiger partial charge in [-0.2, -0.15) is 10.2 Å². The van der Waals surface area contributed by atoms with Crippen LogP contribution in [0.4, 0.5) is 5.69 Å². The minimum atomic E-state index is -0.255. The zero-order valence-corrected chi connectivity index (χ0v) is 11.9. The van der Waals surface area contributed by atoms with Gasteiger partial charge in [0.2, 0.25) is 0 Å². The van der Waals surface area contributed by atoms with Gasteiger partial charge in [0.05, 0.1) is 18.1 Å². The fraction of sp³-hybridized carbons (Fsp3) is 0.250. The molecule has 2 aromatic rings. The second-order valence-electron chi connectivity index (χ2n) is 3.91. The van der Waals surface area contributed by atoms with Crippen LogP contribution in [0.15, 0.2) is 27.9 Å². The van der Waals surface area contributed by atoms with E-state index in [1.165, 1.54) is 4.68 Å². The van der Waals surface area contributed by atoms with Crippen LogP contribution >= 0.6 is 15.9 Å². The van der Waals surface area contributed by atoms with Crippen LogP contribution in [0.2, 0.25) is 0 Å². The Labute approximate surface area is 118 Å². The first-order valence-electron chi connectivity index (χ1n) is 5.52. The van der Waals surface area contributed by atoms with Gasteiger partial charge in [-0.1, -0.05) is 5.92 Å². The Bertz CT molecular complexity index is 682. The number of hydrogen-bond donors (Lipinski definition) is 1. The molecule has 19 heavy (non-hydrogen) atoms. The summed E-state index contributed by atoms with van der Waals surface area (Å²) in [4.78, 5) is 11.9. The van der Waals surface area contributed by atoms with Gasteiger partial charge in [-0.15, -0.1) is 6.42 Å². The number of hydrogen-bond acceptors (Lipinski definition) is 4. The lowest BCUT2D eigenvalue weighted by Crippen LogP contribution is -2.24. The Morgan fingerprint density at radius 1 is 1.47 bits per heavy atom. The zero-order chi connectivity index (χ0) is 13.8. The molecule has 0 radical (unpaired) electrons. The molecule has 2 heterocycles. The first-order chi connectivity index (χ1) is 9.11. The third-order valence-electron chi connectivity index (χ3n) is 2.47. The van der Waals surface area contributed by atoms with Crippen molar-refractivity contribution in [2.24, 2.45) is 7.05 Å². The van der Waals surface area contributed by atoms with Crippen molar-refractivity contribution in [3.63, 3.8) is 0 Å². The number of aryl methyl sites for hydroxylation is 1. The number of halogens is 1. The quantitative estimate of drug-likeness (QED) is 0.853. The Morgan fingerprint density at radius 2 is 2.26 bits per heavy atom. The molecule has 0 spiro atoms. The first-order valence-corrected chi connectivity index (χ1v) is 6.31. The van der Waals surface area contributed by atoms with Crippen molar-refractivity contribution in [3.05, 3.63) is 39.0 Å². The average Bonchev–Trinajstić information content (AvgIpc) is 2.80. The topological polar surface area (TPSA) is 64.7 Å². The molecule has 2 aromatic heterocycles. The summed E-state index contributed by atoms with van der Waals surface area (Å²) < 4.78 is 3.36. The summed E-state index contributed by atoms with van der Waals surface area (Å²) in [5.74, 6) is 2.38. The predicted octanol–water partition coefficient (Wildman–Crippen LogP) is 0.985. The van der Waals surface area contributed by atoms with E-state index in [1.54, 1.807) is 17.1 Å². The number of nitrogens with zero attached hydrogens (tertiary/aromatic N) is 4. The van der Waals surface area contributed by atoms with E-state index in [0.29, 0.717) is 16.7 Å². The predicted molar refractivity (Wildman–Crippen MR) is 75.6 cm³/mol. The molecular weight excluding hydrogens is 310 g/mol. The summed E-state index contributed by atoms with van der Waals surface area (Å²) in [7, 11) is 1.85. The van der Waals surface area contributed by atoms with Gasteiger partial charge in [0, 0.05) is 25.4 Å². The molecule has 0 saturated heterocycles. The molecule has 0 amide bonds. The van der Waals surface area contributed by atoms with Crippen molar-refractivity contribution in [1.82, 2.24) is 19.6 Å². The Morgan fingerprint density at radius 3 is 2.89 bits per heavy atom. The van der Waals surface area contributed by atoms with Crippen LogP contribution in [0.5, 0.6) is 0 Å². The van der Waals surface area contributed by atoms with Crippen molar-refractivity contribution in [1.29, 1.82) is 0 Å². The molecule has 0 aromatic carbocycles. The van der Waals surface area contributed by atoms with Gasteiger partial charge >= 0.3 is 0 Å². The van der Waals surface area contributed by atoms with Crippen LogP contribution in [-0.2, 0) is 20.1 Å². The molecule has 0 bridgehead atoms. The third kappa shape index (κ3) is 3.03. The molecule has 7 heteroatoms. The maximum Gasteiger partial charge on any atom is 0.284 e. The standard InChI is InChI=1S/C12H12BrN5O/c1-3-4-18-12(19)11(13)10(7-16-18)14-5-9-6-15-17(2)8-9/h1,6-8,14H,4-5H2,2H3. The fourth-order valence-electron chi connectivity index (χ4n) is 1.55. The van der Waals surface area contributed by atoms with Crippen LogP contribution in [0, 0.1) is 12.3 Å². The molecule has 2 rings (SSSR count). The summed E-state index contributed by atoms with van der Waals surface area (Å²) >= 11 is 3.25. The Balaban J connectivity index is 2.16. The molecule has 0 fully saturated rings. The van der Waals surface area contributed by atoms with Crippen LogP contribution in [0.1, 0.15) is 5.56 Å².